The van der Waals surface area contributed by atoms with E-state index in [1.807, 2.05) is 48.5 Å². The smallest absolute Gasteiger partial charge is 0.338 e. The third-order valence-electron chi connectivity index (χ3n) is 6.96. The normalized spacial score (nSPS) is 16.2. The van der Waals surface area contributed by atoms with Gasteiger partial charge in [0.05, 0.1) is 5.56 Å². The van der Waals surface area contributed by atoms with E-state index >= 15 is 0 Å². The quantitative estimate of drug-likeness (QED) is 0.251. The highest BCUT2D eigenvalue weighted by Gasteiger charge is 2.35. The summed E-state index contributed by atoms with van der Waals surface area (Å²) < 4.78 is 5.90. The minimum Gasteiger partial charge on any atom is -0.478 e. The van der Waals surface area contributed by atoms with E-state index in [0.29, 0.717) is 24.5 Å². The van der Waals surface area contributed by atoms with Crippen LogP contribution in [-0.2, 0) is 19.5 Å². The molecular weight excluding hydrogens is 482 g/mol. The lowest BCUT2D eigenvalue weighted by molar-refractivity contribution is 0.0693. The van der Waals surface area contributed by atoms with Gasteiger partial charge in [0.15, 0.2) is 0 Å². The summed E-state index contributed by atoms with van der Waals surface area (Å²) >= 11 is 1.41. The van der Waals surface area contributed by atoms with E-state index in [2.05, 4.69) is 53.5 Å². The summed E-state index contributed by atoms with van der Waals surface area (Å²) in [6.45, 7) is 4.34. The Labute approximate surface area is 221 Å². The fraction of sp³-hybridized carbons (Fsp3) is 0.233. The van der Waals surface area contributed by atoms with Crippen molar-refractivity contribution < 1.29 is 14.6 Å². The number of para-hydroxylation sites is 1. The fourth-order valence-corrected chi connectivity index (χ4v) is 6.11. The van der Waals surface area contributed by atoms with Crippen molar-refractivity contribution in [2.24, 2.45) is 0 Å². The molecule has 0 unspecified atom stereocenters. The Balaban J connectivity index is 1.28. The van der Waals surface area contributed by atoms with Crippen LogP contribution in [0, 0.1) is 0 Å². The predicted octanol–water partition coefficient (Wildman–Crippen LogP) is 6.10. The van der Waals surface area contributed by atoms with Gasteiger partial charge in [-0.05, 0) is 54.3 Å². The summed E-state index contributed by atoms with van der Waals surface area (Å²) in [5.41, 5.74) is 9.70. The van der Waals surface area contributed by atoms with E-state index in [9.17, 15) is 9.90 Å². The second kappa shape index (κ2) is 11.2. The van der Waals surface area contributed by atoms with Crippen LogP contribution in [0.3, 0.4) is 0 Å². The molecule has 4 aromatic rings. The number of carboxylic acids is 1. The standard InChI is InChI=1S/C30H31N3O3S/c1-20(22-8-4-2-5-9-22)33-19-27-26(28(30(34)35)29(31)37-27)16-23(33)18-32-17-21-12-14-25(15-13-21)36-24-10-6-3-7-11-24/h2-15,20,23,32H,16-19,31H2,1H3,(H,34,35)/t20-,23-/m0/s1. The van der Waals surface area contributed by atoms with E-state index in [0.717, 1.165) is 34.0 Å². The van der Waals surface area contributed by atoms with Crippen LogP contribution in [0.2, 0.25) is 0 Å². The molecule has 0 bridgehead atoms. The zero-order valence-corrected chi connectivity index (χ0v) is 21.6. The van der Waals surface area contributed by atoms with Gasteiger partial charge in [0, 0.05) is 36.6 Å². The lowest BCUT2D eigenvalue weighted by atomic mass is 9.93. The predicted molar refractivity (Wildman–Crippen MR) is 148 cm³/mol. The van der Waals surface area contributed by atoms with E-state index in [1.54, 1.807) is 0 Å². The summed E-state index contributed by atoms with van der Waals surface area (Å²) in [5, 5.41) is 13.8. The number of hydrogen-bond acceptors (Lipinski definition) is 6. The van der Waals surface area contributed by atoms with Gasteiger partial charge in [-0.25, -0.2) is 4.79 Å². The molecule has 0 aliphatic carbocycles. The lowest BCUT2D eigenvalue weighted by Gasteiger charge is -2.40. The molecule has 6 nitrogen and oxygen atoms in total. The maximum absolute atomic E-state index is 11.9. The maximum atomic E-state index is 11.9. The number of anilines is 1. The van der Waals surface area contributed by atoms with Crippen LogP contribution in [0.15, 0.2) is 84.9 Å². The Hall–Kier alpha value is -3.65. The first kappa shape index (κ1) is 25.0. The summed E-state index contributed by atoms with van der Waals surface area (Å²) in [6, 6.07) is 28.6. The van der Waals surface area contributed by atoms with Crippen LogP contribution in [0.4, 0.5) is 5.00 Å². The van der Waals surface area contributed by atoms with Gasteiger partial charge in [-0.2, -0.15) is 0 Å². The molecule has 0 radical (unpaired) electrons. The number of carboxylic acid groups (broad SMARTS) is 1. The number of hydrogen-bond donors (Lipinski definition) is 3. The van der Waals surface area contributed by atoms with E-state index < -0.39 is 5.97 Å². The molecule has 2 heterocycles. The zero-order valence-electron chi connectivity index (χ0n) is 20.8. The minimum atomic E-state index is -0.941. The van der Waals surface area contributed by atoms with Gasteiger partial charge in [0.25, 0.3) is 0 Å². The summed E-state index contributed by atoms with van der Waals surface area (Å²) in [7, 11) is 0. The Morgan fingerprint density at radius 1 is 1.05 bits per heavy atom. The van der Waals surface area contributed by atoms with Crippen LogP contribution in [0.25, 0.3) is 0 Å². The van der Waals surface area contributed by atoms with Crippen LogP contribution >= 0.6 is 11.3 Å². The van der Waals surface area contributed by atoms with E-state index in [1.165, 1.54) is 16.9 Å². The molecule has 2 atom stereocenters. The number of ether oxygens (including phenoxy) is 1. The molecule has 0 fully saturated rings. The molecular formula is C30H31N3O3S. The number of carbonyl (C=O) groups is 1. The highest BCUT2D eigenvalue weighted by molar-refractivity contribution is 7.16. The largest absolute Gasteiger partial charge is 0.478 e. The molecule has 0 saturated carbocycles. The summed E-state index contributed by atoms with van der Waals surface area (Å²) in [6.07, 6.45) is 0.651. The number of fused-ring (bicyclic) bond motifs is 1. The Morgan fingerprint density at radius 3 is 2.38 bits per heavy atom. The highest BCUT2D eigenvalue weighted by atomic mass is 32.1. The highest BCUT2D eigenvalue weighted by Crippen LogP contribution is 2.39. The number of nitrogens with zero attached hydrogens (tertiary/aromatic N) is 1. The molecule has 4 N–H and O–H groups in total. The summed E-state index contributed by atoms with van der Waals surface area (Å²) in [4.78, 5) is 15.4. The van der Waals surface area contributed by atoms with Crippen LogP contribution in [-0.4, -0.2) is 28.6 Å². The van der Waals surface area contributed by atoms with Crippen molar-refractivity contribution in [2.45, 2.75) is 38.5 Å². The summed E-state index contributed by atoms with van der Waals surface area (Å²) in [5.74, 6) is 0.672. The number of benzene rings is 3. The van der Waals surface area contributed by atoms with Gasteiger partial charge < -0.3 is 20.9 Å². The Morgan fingerprint density at radius 2 is 1.70 bits per heavy atom. The second-order valence-corrected chi connectivity index (χ2v) is 10.5. The van der Waals surface area contributed by atoms with Crippen molar-refractivity contribution in [3.63, 3.8) is 0 Å². The monoisotopic (exact) mass is 513 g/mol. The van der Waals surface area contributed by atoms with Crippen molar-refractivity contribution in [3.8, 4) is 11.5 Å². The van der Waals surface area contributed by atoms with Crippen molar-refractivity contribution in [1.82, 2.24) is 10.2 Å². The van der Waals surface area contributed by atoms with Gasteiger partial charge in [-0.1, -0.05) is 60.7 Å². The molecule has 1 aliphatic heterocycles. The molecule has 5 rings (SSSR count). The average Bonchev–Trinajstić information content (AvgIpc) is 3.24. The zero-order chi connectivity index (χ0) is 25.8. The topological polar surface area (TPSA) is 87.8 Å². The third kappa shape index (κ3) is 5.69. The first-order chi connectivity index (χ1) is 18.0. The maximum Gasteiger partial charge on any atom is 0.338 e. The van der Waals surface area contributed by atoms with Gasteiger partial charge in [-0.3, -0.25) is 4.90 Å². The van der Waals surface area contributed by atoms with Gasteiger partial charge >= 0.3 is 5.97 Å². The molecule has 0 amide bonds. The molecule has 0 spiro atoms. The van der Waals surface area contributed by atoms with Crippen molar-refractivity contribution in [2.75, 3.05) is 12.3 Å². The number of nitrogens with one attached hydrogen (secondary N) is 1. The minimum absolute atomic E-state index is 0.135. The molecule has 3 aromatic carbocycles. The molecule has 0 saturated heterocycles. The van der Waals surface area contributed by atoms with Crippen molar-refractivity contribution in [1.29, 1.82) is 0 Å². The first-order valence-corrected chi connectivity index (χ1v) is 13.3. The molecule has 1 aromatic heterocycles. The molecule has 7 heteroatoms. The number of thiophene rings is 1. The third-order valence-corrected chi connectivity index (χ3v) is 8.00. The van der Waals surface area contributed by atoms with Crippen molar-refractivity contribution in [3.05, 3.63) is 112 Å². The van der Waals surface area contributed by atoms with Crippen LogP contribution < -0.4 is 15.8 Å². The van der Waals surface area contributed by atoms with E-state index in [-0.39, 0.29) is 17.6 Å². The SMILES string of the molecule is C[C@@H](c1ccccc1)N1Cc2sc(N)c(C(=O)O)c2C[C@H]1CNCc1ccc(Oc2ccccc2)cc1. The van der Waals surface area contributed by atoms with Crippen LogP contribution in [0.5, 0.6) is 11.5 Å². The fourth-order valence-electron chi connectivity index (χ4n) is 5.01. The van der Waals surface area contributed by atoms with E-state index in [4.69, 9.17) is 10.5 Å². The number of rotatable bonds is 9. The number of nitrogen functional groups attached to an aromatic ring is 1. The average molecular weight is 514 g/mol. The number of aromatic carboxylic acids is 1. The lowest BCUT2D eigenvalue weighted by Crippen LogP contribution is -2.47. The Kier molecular flexibility index (Phi) is 7.55. The van der Waals surface area contributed by atoms with Crippen LogP contribution in [0.1, 0.15) is 44.9 Å². The second-order valence-electron chi connectivity index (χ2n) is 9.36. The van der Waals surface area contributed by atoms with Crippen molar-refractivity contribution >= 4 is 22.3 Å². The van der Waals surface area contributed by atoms with Gasteiger partial charge in [0.2, 0.25) is 0 Å². The number of nitrogens with two attached hydrogens (primary N) is 1. The Bertz CT molecular complexity index is 1340. The van der Waals surface area contributed by atoms with Gasteiger partial charge in [-0.15, -0.1) is 11.3 Å². The molecule has 1 aliphatic rings. The molecule has 190 valence electrons. The molecule has 37 heavy (non-hydrogen) atoms. The first-order valence-electron chi connectivity index (χ1n) is 12.5. The van der Waals surface area contributed by atoms with Gasteiger partial charge in [0.1, 0.15) is 16.5 Å².